The second-order valence-electron chi connectivity index (χ2n) is 4.40. The third-order valence-electron chi connectivity index (χ3n) is 2.97. The van der Waals surface area contributed by atoms with Gasteiger partial charge in [0, 0.05) is 0 Å². The van der Waals surface area contributed by atoms with Crippen LogP contribution in [0.5, 0.6) is 0 Å². The molecule has 1 heteroatoms. The zero-order valence-electron chi connectivity index (χ0n) is 10.1. The van der Waals surface area contributed by atoms with E-state index in [4.69, 9.17) is 0 Å². The van der Waals surface area contributed by atoms with Gasteiger partial charge in [-0.05, 0) is 30.9 Å². The molecule has 0 heterocycles. The molecule has 0 spiro atoms. The van der Waals surface area contributed by atoms with E-state index in [1.807, 2.05) is 30.3 Å². The molecule has 0 amide bonds. The molecule has 2 rings (SSSR count). The lowest BCUT2D eigenvalue weighted by molar-refractivity contribution is 0.324. The Balaban J connectivity index is 1.92. The third-order valence-corrected chi connectivity index (χ3v) is 2.97. The first-order valence-electron chi connectivity index (χ1n) is 6.00. The summed E-state index contributed by atoms with van der Waals surface area (Å²) in [6.45, 7) is 2.06. The Labute approximate surface area is 102 Å². The number of rotatable bonds is 4. The predicted molar refractivity (Wildman–Crippen MR) is 69.8 cm³/mol. The van der Waals surface area contributed by atoms with Gasteiger partial charge in [-0.25, -0.2) is 4.39 Å². The van der Waals surface area contributed by atoms with Crippen molar-refractivity contribution in [2.75, 3.05) is 0 Å². The number of halogens is 1. The van der Waals surface area contributed by atoms with Crippen LogP contribution in [-0.2, 0) is 6.42 Å². The van der Waals surface area contributed by atoms with Crippen molar-refractivity contribution in [1.82, 2.24) is 0 Å². The fourth-order valence-corrected chi connectivity index (χ4v) is 1.88. The molecule has 0 saturated heterocycles. The molecular formula is C16H17F. The molecule has 88 valence electrons. The largest absolute Gasteiger partial charge is 0.242 e. The van der Waals surface area contributed by atoms with Gasteiger partial charge >= 0.3 is 0 Å². The quantitative estimate of drug-likeness (QED) is 0.715. The summed E-state index contributed by atoms with van der Waals surface area (Å²) in [6, 6.07) is 17.7. The van der Waals surface area contributed by atoms with Crippen LogP contribution in [0, 0.1) is 6.92 Å². The Morgan fingerprint density at radius 1 is 0.941 bits per heavy atom. The Morgan fingerprint density at radius 3 is 2.24 bits per heavy atom. The van der Waals surface area contributed by atoms with Crippen molar-refractivity contribution >= 4 is 0 Å². The fourth-order valence-electron chi connectivity index (χ4n) is 1.88. The van der Waals surface area contributed by atoms with E-state index in [1.54, 1.807) is 0 Å². The molecule has 0 radical (unpaired) electrons. The minimum atomic E-state index is -0.863. The molecule has 2 aromatic rings. The van der Waals surface area contributed by atoms with E-state index in [0.29, 0.717) is 6.42 Å². The van der Waals surface area contributed by atoms with Crippen LogP contribution in [0.4, 0.5) is 4.39 Å². The summed E-state index contributed by atoms with van der Waals surface area (Å²) >= 11 is 0. The highest BCUT2D eigenvalue weighted by Crippen LogP contribution is 2.22. The smallest absolute Gasteiger partial charge is 0.125 e. The van der Waals surface area contributed by atoms with Crippen molar-refractivity contribution in [3.05, 3.63) is 71.3 Å². The SMILES string of the molecule is Cc1ccc(CCC(F)c2ccccc2)cc1. The predicted octanol–water partition coefficient (Wildman–Crippen LogP) is 4.64. The normalized spacial score (nSPS) is 12.4. The third kappa shape index (κ3) is 3.42. The zero-order valence-corrected chi connectivity index (χ0v) is 10.1. The molecule has 1 atom stereocenters. The van der Waals surface area contributed by atoms with Gasteiger partial charge in [0.15, 0.2) is 0 Å². The minimum absolute atomic E-state index is 0.549. The molecule has 0 bridgehead atoms. The molecule has 0 aliphatic heterocycles. The van der Waals surface area contributed by atoms with Gasteiger partial charge in [-0.2, -0.15) is 0 Å². The summed E-state index contributed by atoms with van der Waals surface area (Å²) in [5.74, 6) is 0. The highest BCUT2D eigenvalue weighted by Gasteiger charge is 2.08. The molecule has 2 aromatic carbocycles. The summed E-state index contributed by atoms with van der Waals surface area (Å²) in [6.07, 6.45) is 0.473. The molecule has 0 aromatic heterocycles. The van der Waals surface area contributed by atoms with Gasteiger partial charge in [0.2, 0.25) is 0 Å². The Kier molecular flexibility index (Phi) is 3.92. The van der Waals surface area contributed by atoms with Gasteiger partial charge in [-0.1, -0.05) is 60.2 Å². The lowest BCUT2D eigenvalue weighted by Gasteiger charge is -2.08. The first kappa shape index (κ1) is 11.8. The van der Waals surface area contributed by atoms with Gasteiger partial charge in [0.05, 0.1) is 0 Å². The summed E-state index contributed by atoms with van der Waals surface area (Å²) in [5.41, 5.74) is 3.22. The lowest BCUT2D eigenvalue weighted by atomic mass is 10.0. The van der Waals surface area contributed by atoms with E-state index in [2.05, 4.69) is 31.2 Å². The minimum Gasteiger partial charge on any atom is -0.242 e. The van der Waals surface area contributed by atoms with Gasteiger partial charge in [-0.15, -0.1) is 0 Å². The highest BCUT2D eigenvalue weighted by molar-refractivity contribution is 5.22. The lowest BCUT2D eigenvalue weighted by Crippen LogP contribution is -1.94. The van der Waals surface area contributed by atoms with Crippen molar-refractivity contribution in [3.63, 3.8) is 0 Å². The van der Waals surface area contributed by atoms with E-state index in [9.17, 15) is 4.39 Å². The van der Waals surface area contributed by atoms with Crippen LogP contribution in [0.1, 0.15) is 29.3 Å². The van der Waals surface area contributed by atoms with E-state index in [0.717, 1.165) is 12.0 Å². The maximum absolute atomic E-state index is 13.9. The van der Waals surface area contributed by atoms with Gasteiger partial charge < -0.3 is 0 Å². The molecule has 0 fully saturated rings. The maximum Gasteiger partial charge on any atom is 0.125 e. The van der Waals surface area contributed by atoms with Crippen molar-refractivity contribution in [1.29, 1.82) is 0 Å². The number of benzene rings is 2. The molecule has 0 N–H and O–H groups in total. The fraction of sp³-hybridized carbons (Fsp3) is 0.250. The summed E-state index contributed by atoms with van der Waals surface area (Å²) in [4.78, 5) is 0. The van der Waals surface area contributed by atoms with Gasteiger partial charge in [-0.3, -0.25) is 0 Å². The molecule has 17 heavy (non-hydrogen) atoms. The monoisotopic (exact) mass is 228 g/mol. The van der Waals surface area contributed by atoms with Crippen molar-refractivity contribution < 1.29 is 4.39 Å². The highest BCUT2D eigenvalue weighted by atomic mass is 19.1. The Morgan fingerprint density at radius 2 is 1.59 bits per heavy atom. The van der Waals surface area contributed by atoms with Crippen LogP contribution < -0.4 is 0 Å². The van der Waals surface area contributed by atoms with Crippen LogP contribution >= 0.6 is 0 Å². The average molecular weight is 228 g/mol. The molecule has 0 nitrogen and oxygen atoms in total. The summed E-state index contributed by atoms with van der Waals surface area (Å²) < 4.78 is 13.9. The van der Waals surface area contributed by atoms with Crippen LogP contribution in [0.3, 0.4) is 0 Å². The first-order chi connectivity index (χ1) is 8.25. The Bertz CT molecular complexity index is 445. The van der Waals surface area contributed by atoms with Crippen LogP contribution in [0.2, 0.25) is 0 Å². The molecule has 0 aliphatic rings. The average Bonchev–Trinajstić information content (AvgIpc) is 2.39. The van der Waals surface area contributed by atoms with Crippen LogP contribution in [-0.4, -0.2) is 0 Å². The molecule has 1 unspecified atom stereocenters. The topological polar surface area (TPSA) is 0 Å². The van der Waals surface area contributed by atoms with Crippen molar-refractivity contribution in [2.24, 2.45) is 0 Å². The van der Waals surface area contributed by atoms with E-state index >= 15 is 0 Å². The van der Waals surface area contributed by atoms with Crippen molar-refractivity contribution in [2.45, 2.75) is 25.9 Å². The van der Waals surface area contributed by atoms with E-state index in [-0.39, 0.29) is 0 Å². The summed E-state index contributed by atoms with van der Waals surface area (Å²) in [5, 5.41) is 0. The second kappa shape index (κ2) is 5.62. The number of hydrogen-bond acceptors (Lipinski definition) is 0. The number of alkyl halides is 1. The second-order valence-corrected chi connectivity index (χ2v) is 4.40. The zero-order chi connectivity index (χ0) is 12.1. The van der Waals surface area contributed by atoms with E-state index in [1.165, 1.54) is 11.1 Å². The molecular weight excluding hydrogens is 211 g/mol. The summed E-state index contributed by atoms with van der Waals surface area (Å²) in [7, 11) is 0. The van der Waals surface area contributed by atoms with Crippen LogP contribution in [0.15, 0.2) is 54.6 Å². The van der Waals surface area contributed by atoms with E-state index < -0.39 is 6.17 Å². The Hall–Kier alpha value is -1.63. The first-order valence-corrected chi connectivity index (χ1v) is 6.00. The van der Waals surface area contributed by atoms with Gasteiger partial charge in [0.25, 0.3) is 0 Å². The standard InChI is InChI=1S/C16H17F/c1-13-7-9-14(10-8-13)11-12-16(17)15-5-3-2-4-6-15/h2-10,16H,11-12H2,1H3. The maximum atomic E-state index is 13.9. The molecule has 0 saturated carbocycles. The van der Waals surface area contributed by atoms with Gasteiger partial charge in [0.1, 0.15) is 6.17 Å². The van der Waals surface area contributed by atoms with Crippen molar-refractivity contribution in [3.8, 4) is 0 Å². The van der Waals surface area contributed by atoms with Crippen LogP contribution in [0.25, 0.3) is 0 Å². The number of hydrogen-bond donors (Lipinski definition) is 0. The molecule has 0 aliphatic carbocycles. The number of aryl methyl sites for hydroxylation is 2.